The van der Waals surface area contributed by atoms with Gasteiger partial charge in [-0.25, -0.2) is 0 Å². The van der Waals surface area contributed by atoms with Gasteiger partial charge in [0.05, 0.1) is 6.10 Å². The summed E-state index contributed by atoms with van der Waals surface area (Å²) in [4.78, 5) is 0. The van der Waals surface area contributed by atoms with Gasteiger partial charge in [0, 0.05) is 12.6 Å². The van der Waals surface area contributed by atoms with E-state index in [0.29, 0.717) is 18.1 Å². The second-order valence-electron chi connectivity index (χ2n) is 6.06. The zero-order chi connectivity index (χ0) is 15.7. The number of hydrogen-bond acceptors (Lipinski definition) is 2. The highest BCUT2D eigenvalue weighted by Gasteiger charge is 2.20. The van der Waals surface area contributed by atoms with Crippen LogP contribution in [-0.4, -0.2) is 25.3 Å². The van der Waals surface area contributed by atoms with Gasteiger partial charge in [-0.1, -0.05) is 52.0 Å². The van der Waals surface area contributed by atoms with Gasteiger partial charge in [-0.15, -0.1) is 0 Å². The molecule has 2 nitrogen and oxygen atoms in total. The van der Waals surface area contributed by atoms with Gasteiger partial charge in [0.25, 0.3) is 0 Å². The monoisotopic (exact) mass is 291 g/mol. The Hall–Kier alpha value is -0.860. The molecule has 0 fully saturated rings. The summed E-state index contributed by atoms with van der Waals surface area (Å²) in [6, 6.07) is 9.47. The lowest BCUT2D eigenvalue weighted by molar-refractivity contribution is 0.0320. The van der Waals surface area contributed by atoms with Crippen LogP contribution in [-0.2, 0) is 11.2 Å². The largest absolute Gasteiger partial charge is 0.377 e. The average molecular weight is 291 g/mol. The van der Waals surface area contributed by atoms with E-state index in [1.165, 1.54) is 11.1 Å². The predicted molar refractivity (Wildman–Crippen MR) is 92.0 cm³/mol. The van der Waals surface area contributed by atoms with Crippen molar-refractivity contribution in [2.24, 2.45) is 0 Å². The first-order valence-corrected chi connectivity index (χ1v) is 8.56. The Morgan fingerprint density at radius 2 is 1.71 bits per heavy atom. The fraction of sp³-hybridized carbons (Fsp3) is 0.684. The molecular weight excluding hydrogens is 258 g/mol. The highest BCUT2D eigenvalue weighted by molar-refractivity contribution is 5.25. The lowest BCUT2D eigenvalue weighted by atomic mass is 9.96. The first-order valence-electron chi connectivity index (χ1n) is 8.56. The summed E-state index contributed by atoms with van der Waals surface area (Å²) >= 11 is 0. The van der Waals surface area contributed by atoms with Crippen molar-refractivity contribution in [2.75, 3.05) is 13.2 Å². The second-order valence-corrected chi connectivity index (χ2v) is 6.06. The molecule has 0 aliphatic rings. The van der Waals surface area contributed by atoms with Crippen LogP contribution in [0.5, 0.6) is 0 Å². The molecule has 1 N–H and O–H groups in total. The standard InChI is InChI=1S/C19H33NO/c1-6-13-20-18(19(7-2)21-8-3)14-16-9-11-17(12-10-16)15(4)5/h9-12,15,18-20H,6-8,13-14H2,1-5H3. The van der Waals surface area contributed by atoms with E-state index in [0.717, 1.165) is 32.4 Å². The Kier molecular flexibility index (Phi) is 8.63. The van der Waals surface area contributed by atoms with Crippen LogP contribution in [0, 0.1) is 0 Å². The van der Waals surface area contributed by atoms with Gasteiger partial charge in [-0.2, -0.15) is 0 Å². The summed E-state index contributed by atoms with van der Waals surface area (Å²) in [5.41, 5.74) is 2.81. The molecule has 2 atom stereocenters. The highest BCUT2D eigenvalue weighted by Crippen LogP contribution is 2.17. The van der Waals surface area contributed by atoms with Crippen molar-refractivity contribution in [3.8, 4) is 0 Å². The normalized spacial score (nSPS) is 14.4. The molecule has 0 saturated carbocycles. The fourth-order valence-corrected chi connectivity index (χ4v) is 2.69. The molecule has 0 bridgehead atoms. The van der Waals surface area contributed by atoms with Crippen molar-refractivity contribution in [1.82, 2.24) is 5.32 Å². The third kappa shape index (κ3) is 6.19. The minimum absolute atomic E-state index is 0.298. The van der Waals surface area contributed by atoms with Crippen molar-refractivity contribution in [2.45, 2.75) is 71.9 Å². The van der Waals surface area contributed by atoms with Gasteiger partial charge in [-0.05, 0) is 49.8 Å². The number of hydrogen-bond donors (Lipinski definition) is 1. The van der Waals surface area contributed by atoms with E-state index >= 15 is 0 Å². The van der Waals surface area contributed by atoms with E-state index in [2.05, 4.69) is 64.2 Å². The van der Waals surface area contributed by atoms with E-state index < -0.39 is 0 Å². The molecule has 1 aromatic carbocycles. The number of benzene rings is 1. The van der Waals surface area contributed by atoms with E-state index in [1.807, 2.05) is 0 Å². The van der Waals surface area contributed by atoms with Crippen molar-refractivity contribution in [3.05, 3.63) is 35.4 Å². The van der Waals surface area contributed by atoms with Crippen LogP contribution >= 0.6 is 0 Å². The molecule has 2 unspecified atom stereocenters. The lowest BCUT2D eigenvalue weighted by Gasteiger charge is -2.27. The summed E-state index contributed by atoms with van der Waals surface area (Å²) in [6.45, 7) is 12.8. The maximum atomic E-state index is 5.92. The van der Waals surface area contributed by atoms with E-state index in [1.54, 1.807) is 0 Å². The third-order valence-corrected chi connectivity index (χ3v) is 3.99. The first kappa shape index (κ1) is 18.2. The molecule has 0 aliphatic carbocycles. The SMILES string of the molecule is CCCNC(Cc1ccc(C(C)C)cc1)C(CC)OCC. The molecule has 21 heavy (non-hydrogen) atoms. The minimum atomic E-state index is 0.298. The molecule has 0 heterocycles. The molecular formula is C19H33NO. The molecule has 0 radical (unpaired) electrons. The third-order valence-electron chi connectivity index (χ3n) is 3.99. The Morgan fingerprint density at radius 3 is 2.19 bits per heavy atom. The summed E-state index contributed by atoms with van der Waals surface area (Å²) < 4.78 is 5.92. The van der Waals surface area contributed by atoms with E-state index in [-0.39, 0.29) is 0 Å². The van der Waals surface area contributed by atoms with E-state index in [4.69, 9.17) is 4.74 Å². The first-order chi connectivity index (χ1) is 10.1. The maximum absolute atomic E-state index is 5.92. The quantitative estimate of drug-likeness (QED) is 0.683. The van der Waals surface area contributed by atoms with Crippen LogP contribution in [0.15, 0.2) is 24.3 Å². The Balaban J connectivity index is 2.74. The number of nitrogens with one attached hydrogen (secondary N) is 1. The molecule has 1 rings (SSSR count). The molecule has 0 saturated heterocycles. The number of rotatable bonds is 10. The summed E-state index contributed by atoms with van der Waals surface area (Å²) in [5, 5.41) is 3.67. The predicted octanol–water partition coefficient (Wildman–Crippen LogP) is 4.54. The van der Waals surface area contributed by atoms with Gasteiger partial charge < -0.3 is 10.1 Å². The van der Waals surface area contributed by atoms with Crippen LogP contribution in [0.25, 0.3) is 0 Å². The topological polar surface area (TPSA) is 21.3 Å². The maximum Gasteiger partial charge on any atom is 0.0728 e. The van der Waals surface area contributed by atoms with Gasteiger partial charge in [0.15, 0.2) is 0 Å². The summed E-state index contributed by atoms with van der Waals surface area (Å²) in [7, 11) is 0. The van der Waals surface area contributed by atoms with Crippen LogP contribution in [0.3, 0.4) is 0 Å². The molecule has 2 heteroatoms. The molecule has 1 aromatic rings. The van der Waals surface area contributed by atoms with Gasteiger partial charge >= 0.3 is 0 Å². The molecule has 0 aromatic heterocycles. The van der Waals surface area contributed by atoms with Crippen molar-refractivity contribution < 1.29 is 4.74 Å². The van der Waals surface area contributed by atoms with Gasteiger partial charge in [0.2, 0.25) is 0 Å². The van der Waals surface area contributed by atoms with Crippen LogP contribution in [0.2, 0.25) is 0 Å². The van der Waals surface area contributed by atoms with Gasteiger partial charge in [-0.3, -0.25) is 0 Å². The summed E-state index contributed by atoms with van der Waals surface area (Å²) in [5.74, 6) is 0.597. The molecule has 0 spiro atoms. The van der Waals surface area contributed by atoms with Crippen molar-refractivity contribution >= 4 is 0 Å². The minimum Gasteiger partial charge on any atom is -0.377 e. The van der Waals surface area contributed by atoms with E-state index in [9.17, 15) is 0 Å². The lowest BCUT2D eigenvalue weighted by Crippen LogP contribution is -2.43. The average Bonchev–Trinajstić information content (AvgIpc) is 2.49. The highest BCUT2D eigenvalue weighted by atomic mass is 16.5. The smallest absolute Gasteiger partial charge is 0.0728 e. The zero-order valence-corrected chi connectivity index (χ0v) is 14.5. The Bertz CT molecular complexity index is 372. The van der Waals surface area contributed by atoms with Crippen LogP contribution in [0.4, 0.5) is 0 Å². The van der Waals surface area contributed by atoms with Crippen LogP contribution in [0.1, 0.15) is 64.5 Å². The zero-order valence-electron chi connectivity index (χ0n) is 14.5. The second kappa shape index (κ2) is 9.97. The van der Waals surface area contributed by atoms with Gasteiger partial charge in [0.1, 0.15) is 0 Å². The number of ether oxygens (including phenoxy) is 1. The Labute approximate surface area is 131 Å². The molecule has 120 valence electrons. The van der Waals surface area contributed by atoms with Crippen LogP contribution < -0.4 is 5.32 Å². The van der Waals surface area contributed by atoms with Crippen molar-refractivity contribution in [3.63, 3.8) is 0 Å². The Morgan fingerprint density at radius 1 is 1.05 bits per heavy atom. The molecule has 0 amide bonds. The fourth-order valence-electron chi connectivity index (χ4n) is 2.69. The molecule has 0 aliphatic heterocycles. The summed E-state index contributed by atoms with van der Waals surface area (Å²) in [6.07, 6.45) is 3.55. The van der Waals surface area contributed by atoms with Crippen molar-refractivity contribution in [1.29, 1.82) is 0 Å².